The van der Waals surface area contributed by atoms with Crippen LogP contribution >= 0.6 is 0 Å². The number of hydrogen-bond donors (Lipinski definition) is 4. The number of carbonyl (C=O) groups is 3. The third kappa shape index (κ3) is 4.70. The zero-order valence-corrected chi connectivity index (χ0v) is 18.9. The Balaban J connectivity index is 1.58. The van der Waals surface area contributed by atoms with E-state index < -0.39 is 11.3 Å². The summed E-state index contributed by atoms with van der Waals surface area (Å²) in [5, 5.41) is 14.6. The van der Waals surface area contributed by atoms with E-state index in [0.717, 1.165) is 48.1 Å². The van der Waals surface area contributed by atoms with Crippen molar-refractivity contribution in [1.29, 1.82) is 0 Å². The van der Waals surface area contributed by atoms with Gasteiger partial charge in [-0.05, 0) is 54.3 Å². The Morgan fingerprint density at radius 2 is 1.47 bits per heavy atom. The lowest BCUT2D eigenvalue weighted by molar-refractivity contribution is -0.121. The lowest BCUT2D eigenvalue weighted by atomic mass is 9.77. The Morgan fingerprint density at radius 1 is 0.824 bits per heavy atom. The second-order valence-corrected chi connectivity index (χ2v) is 8.57. The van der Waals surface area contributed by atoms with Gasteiger partial charge in [-0.25, -0.2) is 5.48 Å². The standard InChI is InChI=1S/C27H27N3O4/c1-18(31)28-24-7-3-2-6-23(24)19-8-12-21(13-9-19)27(16-4-5-17-27)26(33)29-22-14-10-20(11-15-22)25(32)30-34/h2-3,6-15,34H,4-5,16-17H2,1H3,(H,28,31)(H,29,33)(H,30,32). The smallest absolute Gasteiger partial charge is 0.274 e. The SMILES string of the molecule is CC(=O)Nc1ccccc1-c1ccc(C2(C(=O)Nc3ccc(C(=O)NO)cc3)CCCC2)cc1. The van der Waals surface area contributed by atoms with Crippen LogP contribution in [0.25, 0.3) is 11.1 Å². The predicted molar refractivity (Wildman–Crippen MR) is 131 cm³/mol. The molecule has 7 nitrogen and oxygen atoms in total. The maximum absolute atomic E-state index is 13.5. The Hall–Kier alpha value is -3.97. The van der Waals surface area contributed by atoms with E-state index in [-0.39, 0.29) is 11.8 Å². The largest absolute Gasteiger partial charge is 0.326 e. The van der Waals surface area contributed by atoms with Gasteiger partial charge < -0.3 is 10.6 Å². The van der Waals surface area contributed by atoms with E-state index in [2.05, 4.69) is 10.6 Å². The quantitative estimate of drug-likeness (QED) is 0.312. The molecule has 1 saturated carbocycles. The summed E-state index contributed by atoms with van der Waals surface area (Å²) in [6.07, 6.45) is 3.45. The number of amides is 3. The molecule has 1 aliphatic rings. The van der Waals surface area contributed by atoms with Crippen LogP contribution in [0, 0.1) is 0 Å². The van der Waals surface area contributed by atoms with E-state index in [9.17, 15) is 14.4 Å². The van der Waals surface area contributed by atoms with Crippen molar-refractivity contribution in [2.75, 3.05) is 10.6 Å². The normalized spacial score (nSPS) is 14.3. The van der Waals surface area contributed by atoms with Crippen molar-refractivity contribution in [3.63, 3.8) is 0 Å². The summed E-state index contributed by atoms with van der Waals surface area (Å²) < 4.78 is 0. The molecule has 174 valence electrons. The molecule has 0 spiro atoms. The van der Waals surface area contributed by atoms with E-state index in [1.807, 2.05) is 48.5 Å². The highest BCUT2D eigenvalue weighted by Gasteiger charge is 2.42. The molecule has 3 aromatic rings. The average Bonchev–Trinajstić information content (AvgIpc) is 3.36. The average molecular weight is 458 g/mol. The third-order valence-electron chi connectivity index (χ3n) is 6.38. The maximum atomic E-state index is 13.5. The number of nitrogens with one attached hydrogen (secondary N) is 3. The number of anilines is 2. The topological polar surface area (TPSA) is 108 Å². The van der Waals surface area contributed by atoms with Crippen LogP contribution in [0.3, 0.4) is 0 Å². The number of carbonyl (C=O) groups excluding carboxylic acids is 3. The molecule has 0 heterocycles. The van der Waals surface area contributed by atoms with Crippen molar-refractivity contribution in [2.45, 2.75) is 38.0 Å². The molecule has 0 aromatic heterocycles. The van der Waals surface area contributed by atoms with Gasteiger partial charge in [0.1, 0.15) is 0 Å². The highest BCUT2D eigenvalue weighted by atomic mass is 16.5. The van der Waals surface area contributed by atoms with Crippen LogP contribution in [0.2, 0.25) is 0 Å². The molecule has 0 radical (unpaired) electrons. The van der Waals surface area contributed by atoms with Gasteiger partial charge in [-0.1, -0.05) is 55.3 Å². The highest BCUT2D eigenvalue weighted by Crippen LogP contribution is 2.43. The lowest BCUT2D eigenvalue weighted by Gasteiger charge is -2.28. The van der Waals surface area contributed by atoms with Crippen molar-refractivity contribution < 1.29 is 19.6 Å². The van der Waals surface area contributed by atoms with Gasteiger partial charge in [0.05, 0.1) is 5.41 Å². The van der Waals surface area contributed by atoms with Crippen LogP contribution in [-0.2, 0) is 15.0 Å². The maximum Gasteiger partial charge on any atom is 0.274 e. The summed E-state index contributed by atoms with van der Waals surface area (Å²) in [4.78, 5) is 36.6. The summed E-state index contributed by atoms with van der Waals surface area (Å²) in [5.41, 5.74) is 5.43. The minimum absolute atomic E-state index is 0.0734. The molecule has 34 heavy (non-hydrogen) atoms. The van der Waals surface area contributed by atoms with Crippen LogP contribution in [-0.4, -0.2) is 22.9 Å². The van der Waals surface area contributed by atoms with Gasteiger partial charge in [0.15, 0.2) is 0 Å². The summed E-state index contributed by atoms with van der Waals surface area (Å²) >= 11 is 0. The Morgan fingerprint density at radius 3 is 2.09 bits per heavy atom. The molecule has 7 heteroatoms. The lowest BCUT2D eigenvalue weighted by Crippen LogP contribution is -2.38. The molecule has 3 amide bonds. The van der Waals surface area contributed by atoms with Crippen LogP contribution in [0.5, 0.6) is 0 Å². The number of para-hydroxylation sites is 1. The first-order chi connectivity index (χ1) is 16.4. The zero-order chi connectivity index (χ0) is 24.1. The second kappa shape index (κ2) is 9.89. The number of hydroxylamine groups is 1. The molecule has 4 N–H and O–H groups in total. The molecule has 0 aliphatic heterocycles. The van der Waals surface area contributed by atoms with E-state index >= 15 is 0 Å². The van der Waals surface area contributed by atoms with Gasteiger partial charge in [-0.2, -0.15) is 0 Å². The van der Waals surface area contributed by atoms with E-state index in [0.29, 0.717) is 11.3 Å². The second-order valence-electron chi connectivity index (χ2n) is 8.57. The Kier molecular flexibility index (Phi) is 6.75. The number of hydrogen-bond acceptors (Lipinski definition) is 4. The van der Waals surface area contributed by atoms with Gasteiger partial charge in [-0.3, -0.25) is 19.6 Å². The zero-order valence-electron chi connectivity index (χ0n) is 18.9. The van der Waals surface area contributed by atoms with Crippen LogP contribution in [0.1, 0.15) is 48.5 Å². The van der Waals surface area contributed by atoms with Gasteiger partial charge >= 0.3 is 0 Å². The van der Waals surface area contributed by atoms with Gasteiger partial charge in [-0.15, -0.1) is 0 Å². The minimum Gasteiger partial charge on any atom is -0.326 e. The fourth-order valence-electron chi connectivity index (χ4n) is 4.65. The summed E-state index contributed by atoms with van der Waals surface area (Å²) in [5.74, 6) is -0.809. The van der Waals surface area contributed by atoms with Crippen LogP contribution < -0.4 is 16.1 Å². The van der Waals surface area contributed by atoms with Crippen LogP contribution in [0.15, 0.2) is 72.8 Å². The first-order valence-electron chi connectivity index (χ1n) is 11.3. The number of benzene rings is 3. The van der Waals surface area contributed by atoms with Crippen molar-refractivity contribution in [3.8, 4) is 11.1 Å². The van der Waals surface area contributed by atoms with Gasteiger partial charge in [0.2, 0.25) is 11.8 Å². The molecule has 1 aliphatic carbocycles. The monoisotopic (exact) mass is 457 g/mol. The number of rotatable bonds is 6. The third-order valence-corrected chi connectivity index (χ3v) is 6.38. The molecular weight excluding hydrogens is 430 g/mol. The first-order valence-corrected chi connectivity index (χ1v) is 11.3. The van der Waals surface area contributed by atoms with E-state index in [1.165, 1.54) is 6.92 Å². The summed E-state index contributed by atoms with van der Waals surface area (Å²) in [6, 6.07) is 22.0. The van der Waals surface area contributed by atoms with Gasteiger partial charge in [0, 0.05) is 29.4 Å². The van der Waals surface area contributed by atoms with Gasteiger partial charge in [0.25, 0.3) is 5.91 Å². The van der Waals surface area contributed by atoms with Crippen molar-refractivity contribution in [3.05, 3.63) is 83.9 Å². The molecule has 3 aromatic carbocycles. The molecule has 0 unspecified atom stereocenters. The van der Waals surface area contributed by atoms with E-state index in [4.69, 9.17) is 5.21 Å². The van der Waals surface area contributed by atoms with Crippen LogP contribution in [0.4, 0.5) is 11.4 Å². The molecule has 0 saturated heterocycles. The first kappa shape index (κ1) is 23.2. The predicted octanol–water partition coefficient (Wildman–Crippen LogP) is 4.88. The fraction of sp³-hybridized carbons (Fsp3) is 0.222. The minimum atomic E-state index is -0.628. The Bertz CT molecular complexity index is 1200. The summed E-state index contributed by atoms with van der Waals surface area (Å²) in [7, 11) is 0. The Labute approximate surface area is 198 Å². The van der Waals surface area contributed by atoms with Crippen molar-refractivity contribution >= 4 is 29.1 Å². The molecule has 0 atom stereocenters. The van der Waals surface area contributed by atoms with Crippen molar-refractivity contribution in [2.24, 2.45) is 0 Å². The fourth-order valence-corrected chi connectivity index (χ4v) is 4.65. The molecule has 0 bridgehead atoms. The molecular formula is C27H27N3O4. The molecule has 4 rings (SSSR count). The molecule has 1 fully saturated rings. The van der Waals surface area contributed by atoms with Crippen molar-refractivity contribution in [1.82, 2.24) is 5.48 Å². The van der Waals surface area contributed by atoms with E-state index in [1.54, 1.807) is 29.7 Å². The summed E-state index contributed by atoms with van der Waals surface area (Å²) in [6.45, 7) is 1.48. The highest BCUT2D eigenvalue weighted by molar-refractivity contribution is 6.00.